The van der Waals surface area contributed by atoms with Gasteiger partial charge in [-0.3, -0.25) is 9.59 Å². The van der Waals surface area contributed by atoms with E-state index in [4.69, 9.17) is 17.2 Å². The second-order valence-electron chi connectivity index (χ2n) is 8.60. The third kappa shape index (κ3) is 9.07. The van der Waals surface area contributed by atoms with Gasteiger partial charge in [0, 0.05) is 28.9 Å². The lowest BCUT2D eigenvalue weighted by Gasteiger charge is -2.22. The number of nitrogens with two attached hydrogens (primary N) is 3. The van der Waals surface area contributed by atoms with Crippen LogP contribution in [0.15, 0.2) is 36.4 Å². The van der Waals surface area contributed by atoms with Crippen molar-refractivity contribution in [3.05, 3.63) is 47.5 Å². The summed E-state index contributed by atoms with van der Waals surface area (Å²) in [7, 11) is 2.12. The standard InChI is InChI=1S/C23H28N4O5.C2H8NOP/c24-7-1-2-19-23(32)26-17(12-28)10-15-8-13(3-5-20(15)29)14-4-6-21(30)16(9-14)11-18(25)22(31)27-19;3-1-2-4-5/h3-6,8-9,12,17-19,29-30H,1-2,7,10-11,24-25H2,(H,26,32)(H,27,31);1-3,5H2/t17?,18?,19-;/m0./s1. The highest BCUT2D eigenvalue weighted by Gasteiger charge is 2.26. The largest absolute Gasteiger partial charge is 0.508 e. The van der Waals surface area contributed by atoms with Gasteiger partial charge >= 0.3 is 0 Å². The van der Waals surface area contributed by atoms with Crippen LogP contribution in [0.3, 0.4) is 0 Å². The molecule has 4 atom stereocenters. The topological polar surface area (TPSA) is 203 Å². The van der Waals surface area contributed by atoms with Crippen LogP contribution in [0, 0.1) is 0 Å². The van der Waals surface area contributed by atoms with E-state index in [-0.39, 0.29) is 30.8 Å². The molecular formula is C25H36N5O6P. The molecule has 3 unspecified atom stereocenters. The molecule has 2 aromatic rings. The lowest BCUT2D eigenvalue weighted by atomic mass is 9.95. The number of hydrogen-bond donors (Lipinski definition) is 7. The number of aldehydes is 1. The fourth-order valence-electron chi connectivity index (χ4n) is 3.78. The van der Waals surface area contributed by atoms with Gasteiger partial charge < -0.3 is 47.4 Å². The van der Waals surface area contributed by atoms with Gasteiger partial charge in [-0.2, -0.15) is 0 Å². The Labute approximate surface area is 218 Å². The zero-order chi connectivity index (χ0) is 27.4. The first kappa shape index (κ1) is 30.1. The summed E-state index contributed by atoms with van der Waals surface area (Å²) >= 11 is 0. The summed E-state index contributed by atoms with van der Waals surface area (Å²) < 4.78 is 4.48. The summed E-state index contributed by atoms with van der Waals surface area (Å²) in [5.74, 6) is -1.10. The summed E-state index contributed by atoms with van der Waals surface area (Å²) in [4.78, 5) is 37.2. The third-order valence-electron chi connectivity index (χ3n) is 5.77. The molecule has 10 N–H and O–H groups in total. The number of rotatable bonds is 6. The first-order valence-electron chi connectivity index (χ1n) is 11.9. The molecule has 2 amide bonds. The zero-order valence-corrected chi connectivity index (χ0v) is 21.7. The maximum Gasteiger partial charge on any atom is 0.243 e. The van der Waals surface area contributed by atoms with Crippen molar-refractivity contribution in [2.24, 2.45) is 17.2 Å². The Hall–Kier alpha value is -3.08. The van der Waals surface area contributed by atoms with Crippen molar-refractivity contribution in [1.82, 2.24) is 10.6 Å². The van der Waals surface area contributed by atoms with E-state index in [0.717, 1.165) is 11.1 Å². The Bertz CT molecular complexity index is 1070. The zero-order valence-electron chi connectivity index (χ0n) is 20.6. The number of carbonyl (C=O) groups is 3. The van der Waals surface area contributed by atoms with Crippen LogP contribution in [0.2, 0.25) is 0 Å². The van der Waals surface area contributed by atoms with E-state index < -0.39 is 29.9 Å². The van der Waals surface area contributed by atoms with Crippen molar-refractivity contribution in [2.45, 2.75) is 43.8 Å². The number of amides is 2. The molecule has 4 bridgehead atoms. The second kappa shape index (κ2) is 15.2. The van der Waals surface area contributed by atoms with Crippen LogP contribution < -0.4 is 27.8 Å². The SMILES string of the molecule is NCCC[C@@H]1NC(=O)C(N)Cc2cc(ccc2O)-c2ccc(O)c(c2)CC(C=O)NC1=O.NCCOP. The van der Waals surface area contributed by atoms with Crippen LogP contribution in [0.25, 0.3) is 11.1 Å². The van der Waals surface area contributed by atoms with E-state index in [1.54, 1.807) is 24.3 Å². The molecule has 1 aliphatic rings. The highest BCUT2D eigenvalue weighted by Crippen LogP contribution is 2.30. The molecule has 37 heavy (non-hydrogen) atoms. The minimum absolute atomic E-state index is 0.00115. The molecule has 0 radical (unpaired) electrons. The van der Waals surface area contributed by atoms with Crippen molar-refractivity contribution in [1.29, 1.82) is 0 Å². The Morgan fingerprint density at radius 1 is 0.946 bits per heavy atom. The molecule has 3 rings (SSSR count). The average Bonchev–Trinajstić information content (AvgIpc) is 2.88. The van der Waals surface area contributed by atoms with Gasteiger partial charge in [0.25, 0.3) is 0 Å². The quantitative estimate of drug-likeness (QED) is 0.195. The van der Waals surface area contributed by atoms with Crippen molar-refractivity contribution in [2.75, 3.05) is 19.7 Å². The molecule has 0 saturated carbocycles. The van der Waals surface area contributed by atoms with Gasteiger partial charge in [-0.25, -0.2) is 0 Å². The van der Waals surface area contributed by atoms with Crippen LogP contribution in [0.4, 0.5) is 0 Å². The van der Waals surface area contributed by atoms with E-state index in [0.29, 0.717) is 43.5 Å². The predicted molar refractivity (Wildman–Crippen MR) is 144 cm³/mol. The van der Waals surface area contributed by atoms with E-state index in [9.17, 15) is 24.6 Å². The summed E-state index contributed by atoms with van der Waals surface area (Å²) in [6, 6.07) is 7.06. The Morgan fingerprint density at radius 3 is 2.03 bits per heavy atom. The van der Waals surface area contributed by atoms with Crippen molar-refractivity contribution >= 4 is 27.6 Å². The van der Waals surface area contributed by atoms with Crippen LogP contribution in [0.5, 0.6) is 11.5 Å². The van der Waals surface area contributed by atoms with Gasteiger partial charge in [0.1, 0.15) is 23.8 Å². The van der Waals surface area contributed by atoms with Gasteiger partial charge in [0.2, 0.25) is 11.8 Å². The number of phenolic OH excluding ortho intramolecular Hbond substituents is 2. The number of nitrogens with one attached hydrogen (secondary N) is 2. The smallest absolute Gasteiger partial charge is 0.243 e. The van der Waals surface area contributed by atoms with Crippen molar-refractivity contribution in [3.63, 3.8) is 0 Å². The Morgan fingerprint density at radius 2 is 1.54 bits per heavy atom. The number of carbonyl (C=O) groups excluding carboxylic acids is 3. The molecule has 0 saturated heterocycles. The van der Waals surface area contributed by atoms with Gasteiger partial charge in [-0.1, -0.05) is 12.1 Å². The molecule has 1 aliphatic heterocycles. The van der Waals surface area contributed by atoms with E-state index in [2.05, 4.69) is 24.6 Å². The van der Waals surface area contributed by atoms with Crippen molar-refractivity contribution < 1.29 is 29.1 Å². The van der Waals surface area contributed by atoms with Gasteiger partial charge in [0.05, 0.1) is 18.7 Å². The first-order valence-corrected chi connectivity index (χ1v) is 12.4. The normalized spacial score (nSPS) is 19.8. The third-order valence-corrected chi connectivity index (χ3v) is 6.00. The summed E-state index contributed by atoms with van der Waals surface area (Å²) in [6.45, 7) is 1.55. The fraction of sp³-hybridized carbons (Fsp3) is 0.400. The molecular weight excluding hydrogens is 497 g/mol. The number of phenols is 2. The van der Waals surface area contributed by atoms with Crippen molar-refractivity contribution in [3.8, 4) is 22.6 Å². The lowest BCUT2D eigenvalue weighted by Crippen LogP contribution is -2.54. The molecule has 2 aromatic carbocycles. The van der Waals surface area contributed by atoms with E-state index in [1.165, 1.54) is 12.1 Å². The van der Waals surface area contributed by atoms with E-state index >= 15 is 0 Å². The van der Waals surface area contributed by atoms with Crippen LogP contribution in [-0.2, 0) is 31.7 Å². The number of fused-ring (bicyclic) bond motifs is 5. The number of benzene rings is 2. The molecule has 0 aliphatic carbocycles. The molecule has 0 spiro atoms. The lowest BCUT2D eigenvalue weighted by molar-refractivity contribution is -0.130. The van der Waals surface area contributed by atoms with Crippen LogP contribution in [-0.4, -0.2) is 66.1 Å². The molecule has 0 fully saturated rings. The molecule has 0 aromatic heterocycles. The molecule has 11 nitrogen and oxygen atoms in total. The molecule has 12 heteroatoms. The van der Waals surface area contributed by atoms with Crippen LogP contribution in [0.1, 0.15) is 24.0 Å². The minimum atomic E-state index is -1.01. The summed E-state index contributed by atoms with van der Waals surface area (Å²) in [5, 5.41) is 25.8. The van der Waals surface area contributed by atoms with Crippen LogP contribution >= 0.6 is 9.47 Å². The van der Waals surface area contributed by atoms with Gasteiger partial charge in [-0.05, 0) is 65.9 Å². The molecule has 202 valence electrons. The monoisotopic (exact) mass is 533 g/mol. The molecule has 1 heterocycles. The average molecular weight is 534 g/mol. The highest BCUT2D eigenvalue weighted by atomic mass is 31.0. The highest BCUT2D eigenvalue weighted by molar-refractivity contribution is 7.09. The summed E-state index contributed by atoms with van der Waals surface area (Å²) in [6.07, 6.45) is 1.46. The second-order valence-corrected chi connectivity index (χ2v) is 8.94. The van der Waals surface area contributed by atoms with E-state index in [1.807, 2.05) is 0 Å². The maximum absolute atomic E-state index is 12.8. The van der Waals surface area contributed by atoms with Gasteiger partial charge in [0.15, 0.2) is 0 Å². The fourth-order valence-corrected chi connectivity index (χ4v) is 3.91. The maximum atomic E-state index is 12.8. The number of hydrogen-bond acceptors (Lipinski definition) is 9. The number of aromatic hydroxyl groups is 2. The minimum Gasteiger partial charge on any atom is -0.508 e. The Kier molecular flexibility index (Phi) is 12.4. The first-order chi connectivity index (χ1) is 17.7. The summed E-state index contributed by atoms with van der Waals surface area (Å²) in [5.41, 5.74) is 19.1. The van der Waals surface area contributed by atoms with Gasteiger partial charge in [-0.15, -0.1) is 0 Å². The predicted octanol–water partition coefficient (Wildman–Crippen LogP) is -0.150. The Balaban J connectivity index is 0.000000877.